The Morgan fingerprint density at radius 3 is 2.83 bits per heavy atom. The molecule has 1 aliphatic rings. The first kappa shape index (κ1) is 18.0. The van der Waals surface area contributed by atoms with Gasteiger partial charge in [-0.25, -0.2) is 9.78 Å². The van der Waals surface area contributed by atoms with Crippen molar-refractivity contribution in [1.29, 1.82) is 0 Å². The lowest BCUT2D eigenvalue weighted by molar-refractivity contribution is -0.119. The summed E-state index contributed by atoms with van der Waals surface area (Å²) in [4.78, 5) is 29.4. The highest BCUT2D eigenvalue weighted by molar-refractivity contribution is 5.75. The lowest BCUT2D eigenvalue weighted by Gasteiger charge is -2.33. The number of likely N-dealkylation sites (tertiary alicyclic amines) is 1. The van der Waals surface area contributed by atoms with Gasteiger partial charge in [-0.05, 0) is 32.3 Å². The molecular weight excluding hydrogens is 308 g/mol. The van der Waals surface area contributed by atoms with Gasteiger partial charge in [-0.2, -0.15) is 0 Å². The van der Waals surface area contributed by atoms with E-state index in [4.69, 9.17) is 4.74 Å². The van der Waals surface area contributed by atoms with Gasteiger partial charge in [0.25, 0.3) is 0 Å². The normalized spacial score (nSPS) is 17.5. The van der Waals surface area contributed by atoms with Gasteiger partial charge in [0.1, 0.15) is 0 Å². The van der Waals surface area contributed by atoms with Crippen molar-refractivity contribution < 1.29 is 14.3 Å². The van der Waals surface area contributed by atoms with Crippen LogP contribution in [0.4, 0.5) is 4.79 Å². The Hall–Kier alpha value is -2.31. The number of pyridine rings is 1. The number of nitrogens with one attached hydrogen (secondary N) is 2. The lowest BCUT2D eigenvalue weighted by atomic mass is 10.1. The quantitative estimate of drug-likeness (QED) is 0.858. The number of hydrogen-bond donors (Lipinski definition) is 2. The molecule has 7 heteroatoms. The zero-order valence-electron chi connectivity index (χ0n) is 14.5. The molecule has 0 aliphatic carbocycles. The average molecular weight is 334 g/mol. The Bertz CT molecular complexity index is 559. The van der Waals surface area contributed by atoms with E-state index >= 15 is 0 Å². The SMILES string of the molecule is CC(=O)NC1CCCN(C(=O)NCc2ccc(OC(C)C)nc2)C1. The Balaban J connectivity index is 1.80. The highest BCUT2D eigenvalue weighted by atomic mass is 16.5. The molecule has 1 aliphatic heterocycles. The smallest absolute Gasteiger partial charge is 0.317 e. The van der Waals surface area contributed by atoms with Gasteiger partial charge < -0.3 is 20.3 Å². The van der Waals surface area contributed by atoms with Crippen molar-refractivity contribution in [3.8, 4) is 5.88 Å². The van der Waals surface area contributed by atoms with E-state index in [9.17, 15) is 9.59 Å². The van der Waals surface area contributed by atoms with E-state index in [0.29, 0.717) is 25.5 Å². The molecule has 0 saturated carbocycles. The molecule has 1 aromatic heterocycles. The lowest BCUT2D eigenvalue weighted by Crippen LogP contribution is -2.51. The zero-order valence-corrected chi connectivity index (χ0v) is 14.5. The fourth-order valence-electron chi connectivity index (χ4n) is 2.68. The van der Waals surface area contributed by atoms with Gasteiger partial charge in [0, 0.05) is 44.9 Å². The number of piperidine rings is 1. The van der Waals surface area contributed by atoms with Gasteiger partial charge in [0.05, 0.1) is 6.10 Å². The van der Waals surface area contributed by atoms with Gasteiger partial charge >= 0.3 is 6.03 Å². The third-order valence-corrected chi connectivity index (χ3v) is 3.71. The van der Waals surface area contributed by atoms with Crippen molar-refractivity contribution >= 4 is 11.9 Å². The maximum atomic E-state index is 12.3. The molecule has 132 valence electrons. The van der Waals surface area contributed by atoms with Crippen molar-refractivity contribution in [2.75, 3.05) is 13.1 Å². The van der Waals surface area contributed by atoms with E-state index in [0.717, 1.165) is 18.4 Å². The van der Waals surface area contributed by atoms with Crippen molar-refractivity contribution in [2.24, 2.45) is 0 Å². The minimum Gasteiger partial charge on any atom is -0.475 e. The molecule has 0 bridgehead atoms. The average Bonchev–Trinajstić information content (AvgIpc) is 2.53. The molecule has 1 aromatic rings. The fourth-order valence-corrected chi connectivity index (χ4v) is 2.68. The topological polar surface area (TPSA) is 83.6 Å². The second-order valence-corrected chi connectivity index (χ2v) is 6.32. The minimum atomic E-state index is -0.118. The zero-order chi connectivity index (χ0) is 17.5. The molecule has 1 fully saturated rings. The van der Waals surface area contributed by atoms with Crippen molar-refractivity contribution in [2.45, 2.75) is 52.3 Å². The molecule has 24 heavy (non-hydrogen) atoms. The number of amides is 3. The van der Waals surface area contributed by atoms with Crippen LogP contribution in [-0.4, -0.2) is 47.1 Å². The Labute approximate surface area is 142 Å². The molecule has 0 aromatic carbocycles. The highest BCUT2D eigenvalue weighted by Gasteiger charge is 2.23. The highest BCUT2D eigenvalue weighted by Crippen LogP contribution is 2.12. The third kappa shape index (κ3) is 5.72. The molecule has 1 unspecified atom stereocenters. The monoisotopic (exact) mass is 334 g/mol. The van der Waals surface area contributed by atoms with E-state index in [1.54, 1.807) is 17.2 Å². The van der Waals surface area contributed by atoms with Crippen LogP contribution >= 0.6 is 0 Å². The number of carbonyl (C=O) groups excluding carboxylic acids is 2. The maximum absolute atomic E-state index is 12.3. The number of ether oxygens (including phenoxy) is 1. The number of nitrogens with zero attached hydrogens (tertiary/aromatic N) is 2. The Morgan fingerprint density at radius 1 is 1.42 bits per heavy atom. The van der Waals surface area contributed by atoms with Crippen molar-refractivity contribution in [1.82, 2.24) is 20.5 Å². The maximum Gasteiger partial charge on any atom is 0.317 e. The van der Waals surface area contributed by atoms with Gasteiger partial charge in [0.15, 0.2) is 0 Å². The number of aromatic nitrogens is 1. The predicted molar refractivity (Wildman–Crippen MR) is 90.6 cm³/mol. The van der Waals surface area contributed by atoms with Crippen LogP contribution in [-0.2, 0) is 11.3 Å². The van der Waals surface area contributed by atoms with Crippen LogP contribution in [0.25, 0.3) is 0 Å². The van der Waals surface area contributed by atoms with E-state index in [-0.39, 0.29) is 24.1 Å². The summed E-state index contributed by atoms with van der Waals surface area (Å²) in [5.74, 6) is 0.520. The van der Waals surface area contributed by atoms with Crippen LogP contribution in [0.5, 0.6) is 5.88 Å². The standard InChI is InChI=1S/C17H26N4O3/c1-12(2)24-16-7-6-14(9-18-16)10-19-17(23)21-8-4-5-15(11-21)20-13(3)22/h6-7,9,12,15H,4-5,8,10-11H2,1-3H3,(H,19,23)(H,20,22). The molecule has 2 heterocycles. The number of carbonyl (C=O) groups is 2. The molecule has 2 N–H and O–H groups in total. The predicted octanol–water partition coefficient (Wildman–Crippen LogP) is 1.68. The van der Waals surface area contributed by atoms with Crippen molar-refractivity contribution in [3.63, 3.8) is 0 Å². The van der Waals surface area contributed by atoms with E-state index in [1.165, 1.54) is 6.92 Å². The number of urea groups is 1. The molecule has 3 amide bonds. The summed E-state index contributed by atoms with van der Waals surface area (Å²) in [5, 5.41) is 5.77. The largest absolute Gasteiger partial charge is 0.475 e. The Kier molecular flexibility index (Phi) is 6.40. The van der Waals surface area contributed by atoms with E-state index in [2.05, 4.69) is 15.6 Å². The molecule has 0 radical (unpaired) electrons. The number of hydrogen-bond acceptors (Lipinski definition) is 4. The van der Waals surface area contributed by atoms with Gasteiger partial charge in [-0.15, -0.1) is 0 Å². The second kappa shape index (κ2) is 8.52. The first-order chi connectivity index (χ1) is 11.4. The summed E-state index contributed by atoms with van der Waals surface area (Å²) in [5.41, 5.74) is 0.912. The summed E-state index contributed by atoms with van der Waals surface area (Å²) >= 11 is 0. The second-order valence-electron chi connectivity index (χ2n) is 6.32. The molecular formula is C17H26N4O3. The van der Waals surface area contributed by atoms with Crippen LogP contribution < -0.4 is 15.4 Å². The number of rotatable bonds is 5. The van der Waals surface area contributed by atoms with Gasteiger partial charge in [-0.3, -0.25) is 4.79 Å². The molecule has 1 atom stereocenters. The van der Waals surface area contributed by atoms with E-state index < -0.39 is 0 Å². The summed E-state index contributed by atoms with van der Waals surface area (Å²) in [6, 6.07) is 3.61. The van der Waals surface area contributed by atoms with Crippen LogP contribution in [0, 0.1) is 0 Å². The summed E-state index contributed by atoms with van der Waals surface area (Å²) in [6.07, 6.45) is 3.58. The summed E-state index contributed by atoms with van der Waals surface area (Å²) < 4.78 is 5.49. The first-order valence-electron chi connectivity index (χ1n) is 8.35. The summed E-state index contributed by atoms with van der Waals surface area (Å²) in [7, 11) is 0. The molecule has 1 saturated heterocycles. The third-order valence-electron chi connectivity index (χ3n) is 3.71. The van der Waals surface area contributed by atoms with Gasteiger partial charge in [-0.1, -0.05) is 6.07 Å². The van der Waals surface area contributed by atoms with Crippen molar-refractivity contribution in [3.05, 3.63) is 23.9 Å². The summed E-state index contributed by atoms with van der Waals surface area (Å²) in [6.45, 7) is 7.06. The molecule has 0 spiro atoms. The fraction of sp³-hybridized carbons (Fsp3) is 0.588. The van der Waals surface area contributed by atoms with E-state index in [1.807, 2.05) is 19.9 Å². The van der Waals surface area contributed by atoms with Gasteiger partial charge in [0.2, 0.25) is 11.8 Å². The first-order valence-corrected chi connectivity index (χ1v) is 8.35. The van der Waals surface area contributed by atoms with Crippen LogP contribution in [0.2, 0.25) is 0 Å². The van der Waals surface area contributed by atoms with Crippen LogP contribution in [0.3, 0.4) is 0 Å². The molecule has 7 nitrogen and oxygen atoms in total. The van der Waals surface area contributed by atoms with Crippen LogP contribution in [0.1, 0.15) is 39.2 Å². The molecule has 2 rings (SSSR count). The minimum absolute atomic E-state index is 0.0381. The van der Waals surface area contributed by atoms with Crippen LogP contribution in [0.15, 0.2) is 18.3 Å². The Morgan fingerprint density at radius 2 is 2.21 bits per heavy atom.